The summed E-state index contributed by atoms with van der Waals surface area (Å²) in [5, 5.41) is 12.9. The van der Waals surface area contributed by atoms with Crippen molar-refractivity contribution in [3.63, 3.8) is 0 Å². The molecule has 3 aromatic rings. The molecule has 0 radical (unpaired) electrons. The number of anilines is 1. The molecule has 0 aliphatic heterocycles. The first-order valence-electron chi connectivity index (χ1n) is 6.81. The van der Waals surface area contributed by atoms with Crippen LogP contribution < -0.4 is 5.32 Å². The zero-order chi connectivity index (χ0) is 15.5. The van der Waals surface area contributed by atoms with Crippen LogP contribution in [0.4, 0.5) is 5.69 Å². The number of carbonyl (C=O) groups is 2. The third-order valence-electron chi connectivity index (χ3n) is 3.39. The predicted molar refractivity (Wildman–Crippen MR) is 84.0 cm³/mol. The molecule has 3 rings (SSSR count). The molecule has 0 aliphatic rings. The number of benzene rings is 2. The zero-order valence-electron chi connectivity index (χ0n) is 11.7. The Morgan fingerprint density at radius 2 is 1.68 bits per heavy atom. The summed E-state index contributed by atoms with van der Waals surface area (Å²) in [5.41, 5.74) is 1.51. The molecule has 0 saturated heterocycles. The van der Waals surface area contributed by atoms with Gasteiger partial charge < -0.3 is 15.0 Å². The molecule has 0 unspecified atom stereocenters. The van der Waals surface area contributed by atoms with E-state index in [1.54, 1.807) is 24.3 Å². The second-order valence-electron chi connectivity index (χ2n) is 4.89. The Bertz CT molecular complexity index is 837. The van der Waals surface area contributed by atoms with Gasteiger partial charge >= 0.3 is 5.97 Å². The minimum absolute atomic E-state index is 0.0515. The van der Waals surface area contributed by atoms with E-state index in [2.05, 4.69) is 5.32 Å². The summed E-state index contributed by atoms with van der Waals surface area (Å²) in [4.78, 5) is 23.6. The number of carbonyl (C=O) groups excluding carboxylic acids is 1. The topological polar surface area (TPSA) is 71.3 Å². The highest BCUT2D eigenvalue weighted by molar-refractivity contribution is 5.97. The molecule has 5 heteroatoms. The van der Waals surface area contributed by atoms with Crippen LogP contribution in [0.25, 0.3) is 10.9 Å². The van der Waals surface area contributed by atoms with E-state index in [1.807, 2.05) is 36.4 Å². The van der Waals surface area contributed by atoms with E-state index in [4.69, 9.17) is 0 Å². The van der Waals surface area contributed by atoms with Gasteiger partial charge in [0.1, 0.15) is 12.2 Å². The smallest absolute Gasteiger partial charge is 0.352 e. The van der Waals surface area contributed by atoms with Gasteiger partial charge in [-0.25, -0.2) is 4.79 Å². The number of aromatic carboxylic acids is 1. The molecule has 2 aromatic carbocycles. The lowest BCUT2D eigenvalue weighted by molar-refractivity contribution is -0.116. The van der Waals surface area contributed by atoms with Crippen molar-refractivity contribution in [3.05, 3.63) is 66.4 Å². The van der Waals surface area contributed by atoms with Gasteiger partial charge in [0, 0.05) is 16.6 Å². The number of para-hydroxylation sites is 2. The normalized spacial score (nSPS) is 10.5. The first-order chi connectivity index (χ1) is 10.6. The lowest BCUT2D eigenvalue weighted by atomic mass is 10.2. The maximum Gasteiger partial charge on any atom is 0.352 e. The Balaban J connectivity index is 1.91. The van der Waals surface area contributed by atoms with E-state index in [-0.39, 0.29) is 18.1 Å². The van der Waals surface area contributed by atoms with Crippen LogP contribution in [0, 0.1) is 0 Å². The third-order valence-corrected chi connectivity index (χ3v) is 3.39. The van der Waals surface area contributed by atoms with Crippen LogP contribution in [-0.4, -0.2) is 21.6 Å². The van der Waals surface area contributed by atoms with Crippen molar-refractivity contribution in [1.29, 1.82) is 0 Å². The maximum atomic E-state index is 12.2. The number of carboxylic acid groups (broad SMARTS) is 1. The molecule has 5 nitrogen and oxygen atoms in total. The average Bonchev–Trinajstić information content (AvgIpc) is 2.87. The van der Waals surface area contributed by atoms with Crippen molar-refractivity contribution in [2.45, 2.75) is 6.54 Å². The second kappa shape index (κ2) is 5.73. The lowest BCUT2D eigenvalue weighted by Gasteiger charge is -2.09. The zero-order valence-corrected chi connectivity index (χ0v) is 11.7. The van der Waals surface area contributed by atoms with E-state index < -0.39 is 5.97 Å². The minimum atomic E-state index is -1.05. The van der Waals surface area contributed by atoms with E-state index in [0.29, 0.717) is 5.69 Å². The number of aromatic nitrogens is 1. The van der Waals surface area contributed by atoms with Crippen LogP contribution in [-0.2, 0) is 11.3 Å². The van der Waals surface area contributed by atoms with Crippen molar-refractivity contribution >= 4 is 28.5 Å². The van der Waals surface area contributed by atoms with Gasteiger partial charge in [0.15, 0.2) is 0 Å². The van der Waals surface area contributed by atoms with E-state index in [0.717, 1.165) is 10.9 Å². The van der Waals surface area contributed by atoms with Crippen LogP contribution in [0.1, 0.15) is 10.5 Å². The fraction of sp³-hybridized carbons (Fsp3) is 0.0588. The summed E-state index contributed by atoms with van der Waals surface area (Å²) < 4.78 is 1.51. The van der Waals surface area contributed by atoms with Crippen LogP contribution in [0.2, 0.25) is 0 Å². The number of nitrogens with one attached hydrogen (secondary N) is 1. The molecule has 0 spiro atoms. The van der Waals surface area contributed by atoms with Crippen LogP contribution in [0.3, 0.4) is 0 Å². The van der Waals surface area contributed by atoms with Gasteiger partial charge in [-0.3, -0.25) is 4.79 Å². The van der Waals surface area contributed by atoms with Crippen LogP contribution in [0.15, 0.2) is 60.7 Å². The molecule has 0 aliphatic carbocycles. The standard InChI is InChI=1S/C17H14N2O3/c20-16(18-13-7-2-1-3-8-13)11-19-14-9-5-4-6-12(14)10-15(19)17(21)22/h1-10H,11H2,(H,18,20)(H,21,22). The molecule has 1 heterocycles. The molecule has 110 valence electrons. The Kier molecular flexibility index (Phi) is 3.62. The van der Waals surface area contributed by atoms with Gasteiger partial charge in [-0.1, -0.05) is 36.4 Å². The van der Waals surface area contributed by atoms with Gasteiger partial charge in [-0.15, -0.1) is 0 Å². The number of hydrogen-bond acceptors (Lipinski definition) is 2. The molecule has 0 bridgehead atoms. The monoisotopic (exact) mass is 294 g/mol. The highest BCUT2D eigenvalue weighted by atomic mass is 16.4. The fourth-order valence-corrected chi connectivity index (χ4v) is 2.42. The number of fused-ring (bicyclic) bond motifs is 1. The number of rotatable bonds is 4. The number of hydrogen-bond donors (Lipinski definition) is 2. The van der Waals surface area contributed by atoms with Crippen molar-refractivity contribution in [2.24, 2.45) is 0 Å². The maximum absolute atomic E-state index is 12.2. The highest BCUT2D eigenvalue weighted by Gasteiger charge is 2.16. The largest absolute Gasteiger partial charge is 0.477 e. The SMILES string of the molecule is O=C(Cn1c(C(=O)O)cc2ccccc21)Nc1ccccc1. The average molecular weight is 294 g/mol. The van der Waals surface area contributed by atoms with Gasteiger partial charge in [-0.05, 0) is 24.3 Å². The minimum Gasteiger partial charge on any atom is -0.477 e. The quantitative estimate of drug-likeness (QED) is 0.777. The highest BCUT2D eigenvalue weighted by Crippen LogP contribution is 2.20. The molecule has 22 heavy (non-hydrogen) atoms. The van der Waals surface area contributed by atoms with Crippen LogP contribution >= 0.6 is 0 Å². The van der Waals surface area contributed by atoms with Crippen molar-refractivity contribution < 1.29 is 14.7 Å². The summed E-state index contributed by atoms with van der Waals surface area (Å²) in [5.74, 6) is -1.32. The third kappa shape index (κ3) is 2.69. The molecule has 1 amide bonds. The Morgan fingerprint density at radius 3 is 2.41 bits per heavy atom. The van der Waals surface area contributed by atoms with E-state index in [9.17, 15) is 14.7 Å². The molecule has 0 saturated carbocycles. The molecule has 0 fully saturated rings. The molecule has 1 aromatic heterocycles. The van der Waals surface area contributed by atoms with E-state index >= 15 is 0 Å². The molecule has 2 N–H and O–H groups in total. The van der Waals surface area contributed by atoms with Crippen molar-refractivity contribution in [3.8, 4) is 0 Å². The molecular weight excluding hydrogens is 280 g/mol. The number of amides is 1. The summed E-state index contributed by atoms with van der Waals surface area (Å²) in [6, 6.07) is 17.9. The van der Waals surface area contributed by atoms with Gasteiger partial charge in [-0.2, -0.15) is 0 Å². The van der Waals surface area contributed by atoms with Gasteiger partial charge in [0.05, 0.1) is 0 Å². The van der Waals surface area contributed by atoms with Crippen molar-refractivity contribution in [1.82, 2.24) is 4.57 Å². The second-order valence-corrected chi connectivity index (χ2v) is 4.89. The number of nitrogens with zero attached hydrogens (tertiary/aromatic N) is 1. The lowest BCUT2D eigenvalue weighted by Crippen LogP contribution is -2.21. The first kappa shape index (κ1) is 13.9. The predicted octanol–water partition coefficient (Wildman–Crippen LogP) is 2.98. The van der Waals surface area contributed by atoms with Gasteiger partial charge in [0.25, 0.3) is 0 Å². The van der Waals surface area contributed by atoms with Crippen LogP contribution in [0.5, 0.6) is 0 Å². The van der Waals surface area contributed by atoms with Crippen molar-refractivity contribution in [2.75, 3.05) is 5.32 Å². The summed E-state index contributed by atoms with van der Waals surface area (Å²) >= 11 is 0. The summed E-state index contributed by atoms with van der Waals surface area (Å²) in [7, 11) is 0. The first-order valence-corrected chi connectivity index (χ1v) is 6.81. The van der Waals surface area contributed by atoms with Gasteiger partial charge in [0.2, 0.25) is 5.91 Å². The number of carboxylic acids is 1. The Morgan fingerprint density at radius 1 is 1.00 bits per heavy atom. The Hall–Kier alpha value is -3.08. The molecular formula is C17H14N2O3. The van der Waals surface area contributed by atoms with E-state index in [1.165, 1.54) is 4.57 Å². The fourth-order valence-electron chi connectivity index (χ4n) is 2.42. The molecule has 0 atom stereocenters. The summed E-state index contributed by atoms with van der Waals surface area (Å²) in [6.07, 6.45) is 0. The Labute approximate surface area is 126 Å². The summed E-state index contributed by atoms with van der Waals surface area (Å²) in [6.45, 7) is -0.0515.